The van der Waals surface area contributed by atoms with E-state index in [0.29, 0.717) is 17.3 Å². The summed E-state index contributed by atoms with van der Waals surface area (Å²) >= 11 is 3.15. The molecule has 1 saturated carbocycles. The molecule has 0 amide bonds. The zero-order valence-electron chi connectivity index (χ0n) is 9.84. The highest BCUT2D eigenvalue weighted by atomic mass is 79.9. The van der Waals surface area contributed by atoms with Crippen LogP contribution in [0.3, 0.4) is 0 Å². The van der Waals surface area contributed by atoms with Gasteiger partial charge in [0, 0.05) is 0 Å². The van der Waals surface area contributed by atoms with E-state index in [1.165, 1.54) is 19.3 Å². The molecule has 0 radical (unpaired) electrons. The number of halogens is 4. The topological polar surface area (TPSA) is 38.7 Å². The fraction of sp³-hybridized carbons (Fsp3) is 0.417. The zero-order chi connectivity index (χ0) is 14.3. The number of benzene rings is 1. The number of carbonyl (C=O) groups excluding carboxylic acids is 1. The van der Waals surface area contributed by atoms with E-state index in [0.717, 1.165) is 6.07 Å². The lowest BCUT2D eigenvalue weighted by Gasteiger charge is -2.19. The summed E-state index contributed by atoms with van der Waals surface area (Å²) < 4.78 is 44.5. The number of aliphatic imine (C=N–C) groups is 1. The van der Waals surface area contributed by atoms with Gasteiger partial charge in [0.15, 0.2) is 0 Å². The largest absolute Gasteiger partial charge is 0.496 e. The minimum Gasteiger partial charge on any atom is -0.496 e. The van der Waals surface area contributed by atoms with Gasteiger partial charge in [-0.15, -0.1) is 0 Å². The molecular formula is C12H9BrF3NO2. The molecule has 0 bridgehead atoms. The number of hydrogen-bond donors (Lipinski definition) is 0. The Balaban J connectivity index is 2.66. The molecule has 0 atom stereocenters. The van der Waals surface area contributed by atoms with Crippen molar-refractivity contribution in [3.05, 3.63) is 27.7 Å². The number of rotatable bonds is 3. The van der Waals surface area contributed by atoms with Crippen molar-refractivity contribution in [2.24, 2.45) is 4.99 Å². The van der Waals surface area contributed by atoms with Crippen molar-refractivity contribution in [1.82, 2.24) is 0 Å². The summed E-state index contributed by atoms with van der Waals surface area (Å²) in [5.41, 5.74) is -1.93. The standard InChI is InChI=1S/C12H9BrF3NO2/c1-19-10-5-8(12(14,15)16)7(4-9(10)13)11(2-3-11)17-6-18/h4-5H,2-3H2,1H3. The van der Waals surface area contributed by atoms with E-state index in [9.17, 15) is 18.0 Å². The fourth-order valence-electron chi connectivity index (χ4n) is 1.98. The van der Waals surface area contributed by atoms with E-state index in [-0.39, 0.29) is 11.3 Å². The molecule has 3 nitrogen and oxygen atoms in total. The Bertz CT molecular complexity index is 561. The molecule has 0 heterocycles. The Labute approximate surface area is 115 Å². The maximum Gasteiger partial charge on any atom is 0.416 e. The van der Waals surface area contributed by atoms with E-state index >= 15 is 0 Å². The highest BCUT2D eigenvalue weighted by molar-refractivity contribution is 9.10. The third-order valence-corrected chi connectivity index (χ3v) is 3.70. The molecule has 102 valence electrons. The summed E-state index contributed by atoms with van der Waals surface area (Å²) in [7, 11) is 1.29. The predicted octanol–water partition coefficient (Wildman–Crippen LogP) is 3.80. The first kappa shape index (κ1) is 14.1. The molecule has 0 N–H and O–H groups in total. The molecule has 1 aromatic carbocycles. The summed E-state index contributed by atoms with van der Waals surface area (Å²) in [4.78, 5) is 13.9. The van der Waals surface area contributed by atoms with Gasteiger partial charge in [-0.2, -0.15) is 18.2 Å². The highest BCUT2D eigenvalue weighted by Crippen LogP contribution is 2.54. The first-order valence-electron chi connectivity index (χ1n) is 5.38. The number of hydrogen-bond acceptors (Lipinski definition) is 3. The first-order valence-corrected chi connectivity index (χ1v) is 6.17. The Morgan fingerprint density at radius 2 is 2.05 bits per heavy atom. The van der Waals surface area contributed by atoms with E-state index in [1.54, 1.807) is 0 Å². The summed E-state index contributed by atoms with van der Waals surface area (Å²) in [5.74, 6) is 0.0851. The van der Waals surface area contributed by atoms with Crippen LogP contribution in [0, 0.1) is 0 Å². The van der Waals surface area contributed by atoms with Gasteiger partial charge in [-0.05, 0) is 46.5 Å². The average molecular weight is 336 g/mol. The first-order chi connectivity index (χ1) is 8.84. The van der Waals surface area contributed by atoms with Crippen LogP contribution in [-0.4, -0.2) is 13.2 Å². The maximum absolute atomic E-state index is 13.1. The van der Waals surface area contributed by atoms with Crippen LogP contribution in [0.25, 0.3) is 0 Å². The molecule has 7 heteroatoms. The third-order valence-electron chi connectivity index (χ3n) is 3.08. The molecule has 1 fully saturated rings. The number of alkyl halides is 3. The van der Waals surface area contributed by atoms with Crippen LogP contribution in [0.15, 0.2) is 21.6 Å². The van der Waals surface area contributed by atoms with Crippen LogP contribution in [0.2, 0.25) is 0 Å². The summed E-state index contributed by atoms with van der Waals surface area (Å²) in [6, 6.07) is 2.23. The molecule has 0 saturated heterocycles. The summed E-state index contributed by atoms with van der Waals surface area (Å²) in [6.45, 7) is 0. The Morgan fingerprint density at radius 3 is 2.47 bits per heavy atom. The van der Waals surface area contributed by atoms with Gasteiger partial charge in [-0.3, -0.25) is 0 Å². The Morgan fingerprint density at radius 1 is 1.42 bits per heavy atom. The van der Waals surface area contributed by atoms with E-state index in [4.69, 9.17) is 4.74 Å². The van der Waals surface area contributed by atoms with Gasteiger partial charge >= 0.3 is 6.18 Å². The van der Waals surface area contributed by atoms with E-state index < -0.39 is 17.3 Å². The van der Waals surface area contributed by atoms with Crippen molar-refractivity contribution < 1.29 is 22.7 Å². The molecule has 1 aliphatic rings. The Hall–Kier alpha value is -1.33. The third kappa shape index (κ3) is 2.53. The van der Waals surface area contributed by atoms with Crippen LogP contribution < -0.4 is 4.74 Å². The van der Waals surface area contributed by atoms with Crippen molar-refractivity contribution in [3.63, 3.8) is 0 Å². The lowest BCUT2D eigenvalue weighted by Crippen LogP contribution is -2.15. The molecule has 2 rings (SSSR count). The van der Waals surface area contributed by atoms with Gasteiger partial charge in [-0.1, -0.05) is 0 Å². The van der Waals surface area contributed by atoms with Gasteiger partial charge in [0.25, 0.3) is 0 Å². The van der Waals surface area contributed by atoms with Crippen molar-refractivity contribution in [2.45, 2.75) is 24.6 Å². The van der Waals surface area contributed by atoms with E-state index in [1.807, 2.05) is 0 Å². The van der Waals surface area contributed by atoms with Crippen LogP contribution in [0.1, 0.15) is 24.0 Å². The van der Waals surface area contributed by atoms with Crippen molar-refractivity contribution in [3.8, 4) is 5.75 Å². The second-order valence-electron chi connectivity index (χ2n) is 4.26. The van der Waals surface area contributed by atoms with E-state index in [2.05, 4.69) is 20.9 Å². The smallest absolute Gasteiger partial charge is 0.416 e. The lowest BCUT2D eigenvalue weighted by molar-refractivity contribution is -0.138. The van der Waals surface area contributed by atoms with Gasteiger partial charge in [-0.25, -0.2) is 4.79 Å². The average Bonchev–Trinajstić information content (AvgIpc) is 3.08. The van der Waals surface area contributed by atoms with Gasteiger partial charge in [0.05, 0.1) is 22.7 Å². The zero-order valence-corrected chi connectivity index (χ0v) is 11.4. The summed E-state index contributed by atoms with van der Waals surface area (Å²) in [5, 5.41) is 0. The Kier molecular flexibility index (Phi) is 3.45. The second-order valence-corrected chi connectivity index (χ2v) is 5.12. The monoisotopic (exact) mass is 335 g/mol. The van der Waals surface area contributed by atoms with Gasteiger partial charge in [0.2, 0.25) is 6.08 Å². The van der Waals surface area contributed by atoms with Crippen LogP contribution in [0.5, 0.6) is 5.75 Å². The molecule has 0 spiro atoms. The minimum atomic E-state index is -4.53. The van der Waals surface area contributed by atoms with Crippen LogP contribution >= 0.6 is 15.9 Å². The molecule has 0 unspecified atom stereocenters. The molecular weight excluding hydrogens is 327 g/mol. The van der Waals surface area contributed by atoms with Crippen LogP contribution in [0.4, 0.5) is 13.2 Å². The second kappa shape index (κ2) is 4.65. The fourth-order valence-corrected chi connectivity index (χ4v) is 2.48. The van der Waals surface area contributed by atoms with Crippen LogP contribution in [-0.2, 0) is 16.5 Å². The molecule has 1 aliphatic carbocycles. The molecule has 0 aliphatic heterocycles. The number of nitrogens with zero attached hydrogens (tertiary/aromatic N) is 1. The maximum atomic E-state index is 13.1. The quantitative estimate of drug-likeness (QED) is 0.622. The molecule has 1 aromatic rings. The van der Waals surface area contributed by atoms with Crippen molar-refractivity contribution in [2.75, 3.05) is 7.11 Å². The molecule has 0 aromatic heterocycles. The number of isocyanates is 1. The van der Waals surface area contributed by atoms with Crippen molar-refractivity contribution in [1.29, 1.82) is 0 Å². The molecule has 19 heavy (non-hydrogen) atoms. The summed E-state index contributed by atoms with van der Waals surface area (Å²) in [6.07, 6.45) is -2.36. The predicted molar refractivity (Wildman–Crippen MR) is 64.7 cm³/mol. The highest BCUT2D eigenvalue weighted by Gasteiger charge is 2.50. The normalized spacial score (nSPS) is 16.7. The number of methoxy groups -OCH3 is 1. The minimum absolute atomic E-state index is 0.0176. The van der Waals surface area contributed by atoms with Gasteiger partial charge < -0.3 is 4.74 Å². The van der Waals surface area contributed by atoms with Gasteiger partial charge in [0.1, 0.15) is 5.75 Å². The number of ether oxygens (including phenoxy) is 1. The van der Waals surface area contributed by atoms with Crippen molar-refractivity contribution >= 4 is 22.0 Å². The SMILES string of the molecule is COc1cc(C(F)(F)F)c(C2(N=C=O)CC2)cc1Br. The lowest BCUT2D eigenvalue weighted by atomic mass is 9.98.